The highest BCUT2D eigenvalue weighted by Crippen LogP contribution is 2.14. The van der Waals surface area contributed by atoms with Crippen LogP contribution in [0.4, 0.5) is 0 Å². The number of carbonyl (C=O) groups is 6. The van der Waals surface area contributed by atoms with Crippen LogP contribution in [0.25, 0.3) is 0 Å². The van der Waals surface area contributed by atoms with Crippen molar-refractivity contribution in [1.82, 2.24) is 21.3 Å². The molecule has 0 heterocycles. The number of aliphatic hydroxyl groups is 1. The van der Waals surface area contributed by atoms with Crippen molar-refractivity contribution in [2.75, 3.05) is 5.75 Å². The van der Waals surface area contributed by atoms with E-state index in [-0.39, 0.29) is 30.1 Å². The molecule has 6 atom stereocenters. The number of hydrogen-bond donors (Lipinski definition) is 11. The zero-order valence-corrected chi connectivity index (χ0v) is 25.5. The predicted octanol–water partition coefficient (Wildman–Crippen LogP) is -1.98. The van der Waals surface area contributed by atoms with Crippen molar-refractivity contribution in [3.8, 4) is 11.5 Å². The van der Waals surface area contributed by atoms with Gasteiger partial charge in [0.05, 0.1) is 18.6 Å². The quantitative estimate of drug-likeness (QED) is 0.0822. The molecule has 17 heteroatoms. The van der Waals surface area contributed by atoms with Crippen LogP contribution in [0.3, 0.4) is 0 Å². The molecule has 0 unspecified atom stereocenters. The number of carboxylic acid groups (broad SMARTS) is 2. The molecule has 0 fully saturated rings. The van der Waals surface area contributed by atoms with Gasteiger partial charge in [0.25, 0.3) is 0 Å². The normalized spacial score (nSPS) is 14.8. The van der Waals surface area contributed by atoms with Gasteiger partial charge in [-0.3, -0.25) is 24.0 Å². The molecule has 0 spiro atoms. The number of phenols is 2. The summed E-state index contributed by atoms with van der Waals surface area (Å²) in [6, 6.07) is 3.78. The Bertz CT molecular complexity index is 1390. The van der Waals surface area contributed by atoms with Gasteiger partial charge in [0.2, 0.25) is 23.6 Å². The van der Waals surface area contributed by atoms with Gasteiger partial charge in [-0.05, 0) is 42.3 Å². The molecule has 0 aliphatic heterocycles. The van der Waals surface area contributed by atoms with Crippen LogP contribution in [0.2, 0.25) is 0 Å². The highest BCUT2D eigenvalue weighted by Gasteiger charge is 2.33. The lowest BCUT2D eigenvalue weighted by Gasteiger charge is -2.27. The lowest BCUT2D eigenvalue weighted by Crippen LogP contribution is -2.61. The number of rotatable bonds is 17. The molecule has 0 aliphatic rings. The van der Waals surface area contributed by atoms with Crippen molar-refractivity contribution in [2.24, 2.45) is 5.73 Å². The van der Waals surface area contributed by atoms with Crippen LogP contribution >= 0.6 is 12.6 Å². The molecule has 11 N–H and O–H groups in total. The number of aliphatic hydroxyl groups excluding tert-OH is 1. The number of benzene rings is 2. The first-order chi connectivity index (χ1) is 21.6. The number of carbonyl (C=O) groups excluding carboxylic acids is 4. The Morgan fingerprint density at radius 1 is 0.696 bits per heavy atom. The second-order valence-corrected chi connectivity index (χ2v) is 10.7. The SMILES string of the molecule is C[C@@H](O)[C@H](NC(=O)[C@@H](N)CC(=O)O)C(=O)N[C@@H](Cc1ccc(O)cc1)C(=O)N[C@@H](Cc1ccc(O)cc1)C(=O)N[C@@H](CS)C(=O)O. The van der Waals surface area contributed by atoms with Crippen LogP contribution in [0, 0.1) is 0 Å². The van der Waals surface area contributed by atoms with E-state index in [0.29, 0.717) is 11.1 Å². The summed E-state index contributed by atoms with van der Waals surface area (Å²) < 4.78 is 0. The molecule has 4 amide bonds. The second kappa shape index (κ2) is 17.6. The first-order valence-corrected chi connectivity index (χ1v) is 14.5. The molecule has 0 saturated heterocycles. The molecule has 250 valence electrons. The van der Waals surface area contributed by atoms with E-state index in [0.717, 1.165) is 0 Å². The van der Waals surface area contributed by atoms with Gasteiger partial charge in [0.1, 0.15) is 35.7 Å². The molecule has 0 aliphatic carbocycles. The van der Waals surface area contributed by atoms with E-state index in [1.807, 2.05) is 0 Å². The number of aromatic hydroxyl groups is 2. The Hall–Kier alpha value is -4.87. The van der Waals surface area contributed by atoms with Gasteiger partial charge >= 0.3 is 11.9 Å². The highest BCUT2D eigenvalue weighted by atomic mass is 32.1. The molecular weight excluding hydrogens is 626 g/mol. The molecule has 2 aromatic carbocycles. The van der Waals surface area contributed by atoms with Crippen LogP contribution in [-0.4, -0.2) is 103 Å². The van der Waals surface area contributed by atoms with Crippen molar-refractivity contribution in [1.29, 1.82) is 0 Å². The van der Waals surface area contributed by atoms with Gasteiger partial charge in [0, 0.05) is 18.6 Å². The zero-order valence-electron chi connectivity index (χ0n) is 24.6. The molecule has 46 heavy (non-hydrogen) atoms. The van der Waals surface area contributed by atoms with Gasteiger partial charge in [-0.1, -0.05) is 24.3 Å². The maximum absolute atomic E-state index is 13.7. The van der Waals surface area contributed by atoms with Crippen molar-refractivity contribution in [2.45, 2.75) is 62.5 Å². The van der Waals surface area contributed by atoms with E-state index in [2.05, 4.69) is 33.9 Å². The van der Waals surface area contributed by atoms with Crippen LogP contribution in [-0.2, 0) is 41.6 Å². The largest absolute Gasteiger partial charge is 0.508 e. The number of aliphatic carboxylic acids is 2. The Morgan fingerprint density at radius 2 is 1.11 bits per heavy atom. The first kappa shape index (κ1) is 37.3. The topological polar surface area (TPSA) is 278 Å². The number of carboxylic acids is 2. The summed E-state index contributed by atoms with van der Waals surface area (Å²) in [6.07, 6.45) is -2.66. The van der Waals surface area contributed by atoms with Crippen molar-refractivity contribution in [3.63, 3.8) is 0 Å². The lowest BCUT2D eigenvalue weighted by atomic mass is 10.0. The number of phenolic OH excluding ortho intramolecular Hbond substituents is 2. The molecule has 0 bridgehead atoms. The van der Waals surface area contributed by atoms with Crippen LogP contribution in [0.15, 0.2) is 48.5 Å². The van der Waals surface area contributed by atoms with Crippen molar-refractivity contribution in [3.05, 3.63) is 59.7 Å². The lowest BCUT2D eigenvalue weighted by molar-refractivity contribution is -0.142. The minimum absolute atomic E-state index is 0.0600. The summed E-state index contributed by atoms with van der Waals surface area (Å²) in [5, 5.41) is 57.2. The predicted molar refractivity (Wildman–Crippen MR) is 165 cm³/mol. The van der Waals surface area contributed by atoms with Gasteiger partial charge in [-0.15, -0.1) is 0 Å². The highest BCUT2D eigenvalue weighted by molar-refractivity contribution is 7.80. The van der Waals surface area contributed by atoms with Crippen molar-refractivity contribution < 1.29 is 54.3 Å². The second-order valence-electron chi connectivity index (χ2n) is 10.4. The summed E-state index contributed by atoms with van der Waals surface area (Å²) in [7, 11) is 0. The Kier molecular flexibility index (Phi) is 14.3. The molecule has 16 nitrogen and oxygen atoms in total. The van der Waals surface area contributed by atoms with Gasteiger partial charge in [-0.25, -0.2) is 4.79 Å². The Labute approximate surface area is 268 Å². The number of amides is 4. The number of nitrogens with one attached hydrogen (secondary N) is 4. The Balaban J connectivity index is 2.39. The molecule has 2 aromatic rings. The number of hydrogen-bond acceptors (Lipinski definition) is 11. The summed E-state index contributed by atoms with van der Waals surface area (Å²) >= 11 is 3.94. The van der Waals surface area contributed by atoms with Gasteiger partial charge < -0.3 is 52.5 Å². The van der Waals surface area contributed by atoms with E-state index in [9.17, 15) is 49.2 Å². The summed E-state index contributed by atoms with van der Waals surface area (Å²) in [6.45, 7) is 1.17. The monoisotopic (exact) mass is 663 g/mol. The summed E-state index contributed by atoms with van der Waals surface area (Å²) in [5.41, 5.74) is 6.49. The fourth-order valence-corrected chi connectivity index (χ4v) is 4.34. The molecule has 0 radical (unpaired) electrons. The standard InChI is InChI=1S/C29H37N5O11S/c1-14(35)24(34-25(40)19(30)12-23(38)39)28(43)32-21(11-16-4-8-18(37)9-5-16)26(41)31-20(10-15-2-6-17(36)7-3-15)27(42)33-22(13-46)29(44)45/h2-9,14,19-22,24,35-37,46H,10-13,30H2,1H3,(H,31,41)(H,32,43)(H,33,42)(H,34,40)(H,38,39)(H,44,45)/t14-,19+,20+,21+,22+,24+/m1/s1. The maximum Gasteiger partial charge on any atom is 0.327 e. The third-order valence-corrected chi connectivity index (χ3v) is 6.97. The van der Waals surface area contributed by atoms with Crippen molar-refractivity contribution >= 4 is 48.2 Å². The minimum Gasteiger partial charge on any atom is -0.508 e. The summed E-state index contributed by atoms with van der Waals surface area (Å²) in [5.74, 6) is -7.05. The molecule has 0 saturated carbocycles. The average Bonchev–Trinajstić information content (AvgIpc) is 2.98. The Morgan fingerprint density at radius 3 is 1.48 bits per heavy atom. The van der Waals surface area contributed by atoms with Gasteiger partial charge in [-0.2, -0.15) is 12.6 Å². The van der Waals surface area contributed by atoms with E-state index >= 15 is 0 Å². The van der Waals surface area contributed by atoms with E-state index in [1.165, 1.54) is 55.5 Å². The van der Waals surface area contributed by atoms with E-state index in [4.69, 9.17) is 10.8 Å². The fourth-order valence-electron chi connectivity index (χ4n) is 4.09. The third-order valence-electron chi connectivity index (χ3n) is 6.61. The van der Waals surface area contributed by atoms with E-state index < -0.39 is 78.3 Å². The fraction of sp³-hybridized carbons (Fsp3) is 0.379. The third kappa shape index (κ3) is 11.9. The smallest absolute Gasteiger partial charge is 0.327 e. The number of nitrogens with two attached hydrogens (primary N) is 1. The molecular formula is C29H37N5O11S. The minimum atomic E-state index is -1.68. The molecule has 2 rings (SSSR count). The average molecular weight is 664 g/mol. The first-order valence-electron chi connectivity index (χ1n) is 13.9. The van der Waals surface area contributed by atoms with Gasteiger partial charge in [0.15, 0.2) is 0 Å². The maximum atomic E-state index is 13.7. The van der Waals surface area contributed by atoms with E-state index in [1.54, 1.807) is 0 Å². The van der Waals surface area contributed by atoms with Crippen LogP contribution in [0.1, 0.15) is 24.5 Å². The molecule has 0 aromatic heterocycles. The zero-order chi connectivity index (χ0) is 34.6. The van der Waals surface area contributed by atoms with Crippen LogP contribution in [0.5, 0.6) is 11.5 Å². The van der Waals surface area contributed by atoms with Crippen LogP contribution < -0.4 is 27.0 Å². The number of thiol groups is 1. The summed E-state index contributed by atoms with van der Waals surface area (Å²) in [4.78, 5) is 75.0.